The number of hydrogen-bond acceptors (Lipinski definition) is 2. The molecule has 4 heteroatoms. The quantitative estimate of drug-likeness (QED) is 0.365. The fourth-order valence-electron chi connectivity index (χ4n) is 5.36. The Hall–Kier alpha value is -2.72. The molecule has 0 N–H and O–H groups in total. The van der Waals surface area contributed by atoms with E-state index in [0.29, 0.717) is 5.56 Å². The number of hydrogen-bond donors (Lipinski definition) is 0. The summed E-state index contributed by atoms with van der Waals surface area (Å²) in [5.74, 6) is 0. The molecular formula is C25H20BrNO2. The lowest BCUT2D eigenvalue weighted by Gasteiger charge is -2.56. The standard InChI is InChI=1S/C25H20BrNO2/c1-15-11-21(26)14-22(27(28)29)23(15)16-12-19-9-7-17-5-4-6-18-8-10-20(13-16)25(19,3)24(17,18)2/h4-14H,1-3H3. The molecule has 1 aromatic carbocycles. The van der Waals surface area contributed by atoms with Gasteiger partial charge in [-0.1, -0.05) is 72.3 Å². The van der Waals surface area contributed by atoms with E-state index >= 15 is 0 Å². The van der Waals surface area contributed by atoms with Crippen molar-refractivity contribution >= 4 is 27.2 Å². The summed E-state index contributed by atoms with van der Waals surface area (Å²) in [5, 5.41) is 11.8. The number of rotatable bonds is 2. The topological polar surface area (TPSA) is 43.1 Å². The second-order valence-electron chi connectivity index (χ2n) is 8.38. The molecule has 0 bridgehead atoms. The minimum Gasteiger partial charge on any atom is -0.258 e. The number of benzene rings is 1. The van der Waals surface area contributed by atoms with Gasteiger partial charge in [0, 0.05) is 21.4 Å². The van der Waals surface area contributed by atoms with Crippen molar-refractivity contribution in [3.63, 3.8) is 0 Å². The number of nitro groups is 1. The van der Waals surface area contributed by atoms with Crippen molar-refractivity contribution in [1.82, 2.24) is 0 Å². The summed E-state index contributed by atoms with van der Waals surface area (Å²) in [7, 11) is 0. The monoisotopic (exact) mass is 445 g/mol. The maximum atomic E-state index is 11.8. The van der Waals surface area contributed by atoms with E-state index in [4.69, 9.17) is 0 Å². The molecule has 0 fully saturated rings. The van der Waals surface area contributed by atoms with Crippen LogP contribution >= 0.6 is 15.9 Å². The average Bonchev–Trinajstić information content (AvgIpc) is 2.66. The Bertz CT molecular complexity index is 1220. The number of allylic oxidation sites excluding steroid dienone is 14. The van der Waals surface area contributed by atoms with E-state index < -0.39 is 0 Å². The van der Waals surface area contributed by atoms with E-state index in [0.717, 1.165) is 15.6 Å². The highest BCUT2D eigenvalue weighted by molar-refractivity contribution is 9.10. The van der Waals surface area contributed by atoms with Gasteiger partial charge in [0.25, 0.3) is 5.69 Å². The van der Waals surface area contributed by atoms with Gasteiger partial charge in [-0.3, -0.25) is 10.1 Å². The molecule has 1 aromatic rings. The molecule has 0 aromatic heterocycles. The van der Waals surface area contributed by atoms with Gasteiger partial charge in [0.15, 0.2) is 0 Å². The SMILES string of the molecule is Cc1cc(Br)cc([N+](=O)[O-])c1C1=CC2=CC=C3C=CC=C4C=CC(=C1)C2(C)C43C. The largest absolute Gasteiger partial charge is 0.278 e. The van der Waals surface area contributed by atoms with Crippen molar-refractivity contribution in [2.24, 2.45) is 10.8 Å². The van der Waals surface area contributed by atoms with E-state index in [1.54, 1.807) is 6.07 Å². The first-order valence-electron chi connectivity index (χ1n) is 9.65. The summed E-state index contributed by atoms with van der Waals surface area (Å²) in [5.41, 5.74) is 7.24. The first-order valence-corrected chi connectivity index (χ1v) is 10.4. The van der Waals surface area contributed by atoms with Crippen LogP contribution in [0.4, 0.5) is 5.69 Å². The molecule has 2 unspecified atom stereocenters. The maximum absolute atomic E-state index is 11.8. The molecule has 4 aliphatic carbocycles. The second-order valence-corrected chi connectivity index (χ2v) is 9.30. The van der Waals surface area contributed by atoms with Crippen LogP contribution in [0.5, 0.6) is 0 Å². The number of aryl methyl sites for hydroxylation is 1. The maximum Gasteiger partial charge on any atom is 0.278 e. The summed E-state index contributed by atoms with van der Waals surface area (Å²) < 4.78 is 0.720. The Kier molecular flexibility index (Phi) is 3.72. The molecule has 0 spiro atoms. The molecule has 3 nitrogen and oxygen atoms in total. The van der Waals surface area contributed by atoms with Gasteiger partial charge in [0.05, 0.1) is 10.5 Å². The molecular weight excluding hydrogens is 426 g/mol. The summed E-state index contributed by atoms with van der Waals surface area (Å²) in [6.45, 7) is 6.53. The van der Waals surface area contributed by atoms with Gasteiger partial charge in [-0.05, 0) is 58.6 Å². The van der Waals surface area contributed by atoms with E-state index in [1.165, 1.54) is 22.3 Å². The third-order valence-corrected chi connectivity index (χ3v) is 7.59. The molecule has 0 saturated carbocycles. The minimum absolute atomic E-state index is 0.128. The molecule has 0 amide bonds. The third kappa shape index (κ3) is 2.24. The lowest BCUT2D eigenvalue weighted by molar-refractivity contribution is -0.385. The second kappa shape index (κ2) is 5.90. The van der Waals surface area contributed by atoms with Crippen molar-refractivity contribution in [2.75, 3.05) is 0 Å². The van der Waals surface area contributed by atoms with E-state index in [9.17, 15) is 10.1 Å². The van der Waals surface area contributed by atoms with Gasteiger partial charge in [-0.2, -0.15) is 0 Å². The van der Waals surface area contributed by atoms with Crippen LogP contribution < -0.4 is 0 Å². The minimum atomic E-state index is -0.293. The smallest absolute Gasteiger partial charge is 0.258 e. The van der Waals surface area contributed by atoms with Gasteiger partial charge in [0.1, 0.15) is 0 Å². The van der Waals surface area contributed by atoms with Crippen LogP contribution in [0.15, 0.2) is 93.6 Å². The van der Waals surface area contributed by atoms with Crippen molar-refractivity contribution in [1.29, 1.82) is 0 Å². The molecule has 144 valence electrons. The molecule has 0 radical (unpaired) electrons. The van der Waals surface area contributed by atoms with Crippen LogP contribution in [-0.4, -0.2) is 4.92 Å². The summed E-state index contributed by atoms with van der Waals surface area (Å²) in [6, 6.07) is 3.53. The number of halogens is 1. The van der Waals surface area contributed by atoms with Crippen molar-refractivity contribution in [3.8, 4) is 0 Å². The fraction of sp³-hybridized carbons (Fsp3) is 0.200. The zero-order valence-electron chi connectivity index (χ0n) is 16.5. The van der Waals surface area contributed by atoms with Crippen LogP contribution in [0.3, 0.4) is 0 Å². The Morgan fingerprint density at radius 3 is 2.31 bits per heavy atom. The Morgan fingerprint density at radius 2 is 1.55 bits per heavy atom. The summed E-state index contributed by atoms with van der Waals surface area (Å²) in [4.78, 5) is 11.5. The van der Waals surface area contributed by atoms with Gasteiger partial charge in [0.2, 0.25) is 0 Å². The Balaban J connectivity index is 1.80. The highest BCUT2D eigenvalue weighted by atomic mass is 79.9. The fourth-order valence-corrected chi connectivity index (χ4v) is 5.92. The molecule has 4 aliphatic rings. The van der Waals surface area contributed by atoms with Crippen LogP contribution in [0.25, 0.3) is 5.57 Å². The highest BCUT2D eigenvalue weighted by Crippen LogP contribution is 2.65. The van der Waals surface area contributed by atoms with Crippen molar-refractivity contribution in [2.45, 2.75) is 20.8 Å². The van der Waals surface area contributed by atoms with Crippen LogP contribution in [-0.2, 0) is 0 Å². The lowest BCUT2D eigenvalue weighted by atomic mass is 9.46. The summed E-state index contributed by atoms with van der Waals surface area (Å²) >= 11 is 3.40. The number of nitro benzene ring substituents is 1. The predicted octanol–water partition coefficient (Wildman–Crippen LogP) is 6.93. The third-order valence-electron chi connectivity index (χ3n) is 7.13. The lowest BCUT2D eigenvalue weighted by Crippen LogP contribution is -2.47. The number of nitrogens with zero attached hydrogens (tertiary/aromatic N) is 1. The van der Waals surface area contributed by atoms with Gasteiger partial charge in [-0.15, -0.1) is 0 Å². The predicted molar refractivity (Wildman–Crippen MR) is 120 cm³/mol. The average molecular weight is 446 g/mol. The zero-order valence-corrected chi connectivity index (χ0v) is 18.1. The van der Waals surface area contributed by atoms with Gasteiger partial charge in [-0.25, -0.2) is 0 Å². The summed E-state index contributed by atoms with van der Waals surface area (Å²) in [6.07, 6.45) is 19.5. The normalized spacial score (nSPS) is 28.6. The molecule has 29 heavy (non-hydrogen) atoms. The Morgan fingerprint density at radius 1 is 0.897 bits per heavy atom. The highest BCUT2D eigenvalue weighted by Gasteiger charge is 2.55. The molecule has 5 rings (SSSR count). The van der Waals surface area contributed by atoms with E-state index in [2.05, 4.69) is 84.5 Å². The molecule has 0 heterocycles. The van der Waals surface area contributed by atoms with Crippen molar-refractivity contribution < 1.29 is 4.92 Å². The van der Waals surface area contributed by atoms with Gasteiger partial charge >= 0.3 is 0 Å². The van der Waals surface area contributed by atoms with Crippen LogP contribution in [0, 0.1) is 27.9 Å². The molecule has 2 atom stereocenters. The van der Waals surface area contributed by atoms with E-state index in [-0.39, 0.29) is 21.4 Å². The van der Waals surface area contributed by atoms with Crippen LogP contribution in [0.1, 0.15) is 25.0 Å². The van der Waals surface area contributed by atoms with Crippen LogP contribution in [0.2, 0.25) is 0 Å². The molecule has 0 aliphatic heterocycles. The first-order chi connectivity index (χ1) is 13.8. The first kappa shape index (κ1) is 18.3. The Labute approximate surface area is 178 Å². The van der Waals surface area contributed by atoms with E-state index in [1.807, 2.05) is 13.0 Å². The molecule has 0 saturated heterocycles. The zero-order chi connectivity index (χ0) is 20.6. The van der Waals surface area contributed by atoms with Crippen molar-refractivity contribution in [3.05, 3.63) is 115 Å². The van der Waals surface area contributed by atoms with Gasteiger partial charge < -0.3 is 0 Å².